The molecule has 2 rings (SSSR count). The lowest BCUT2D eigenvalue weighted by Gasteiger charge is -2.08. The van der Waals surface area contributed by atoms with Crippen molar-refractivity contribution >= 4 is 12.0 Å². The van der Waals surface area contributed by atoms with E-state index in [1.54, 1.807) is 0 Å². The van der Waals surface area contributed by atoms with Crippen LogP contribution in [-0.2, 0) is 22.7 Å². The molecule has 0 atom stereocenters. The molecule has 0 aliphatic rings. The van der Waals surface area contributed by atoms with Crippen molar-refractivity contribution in [3.8, 4) is 0 Å². The maximum Gasteiger partial charge on any atom is 0.426 e. The summed E-state index contributed by atoms with van der Waals surface area (Å²) in [4.78, 5) is 22.7. The summed E-state index contributed by atoms with van der Waals surface area (Å²) in [6.07, 6.45) is 0.534. The highest BCUT2D eigenvalue weighted by atomic mass is 16.6. The Morgan fingerprint density at radius 1 is 1.20 bits per heavy atom. The summed E-state index contributed by atoms with van der Waals surface area (Å²) in [5.41, 5.74) is 5.15. The summed E-state index contributed by atoms with van der Waals surface area (Å²) < 4.78 is 6.12. The Morgan fingerprint density at radius 2 is 2.00 bits per heavy atom. The van der Waals surface area contributed by atoms with E-state index < -0.39 is 12.0 Å². The van der Waals surface area contributed by atoms with E-state index in [0.717, 1.165) is 5.56 Å². The number of benzene rings is 1. The van der Waals surface area contributed by atoms with Gasteiger partial charge in [-0.3, -0.25) is 10.2 Å². The number of amides is 2. The van der Waals surface area contributed by atoms with Gasteiger partial charge in [0.15, 0.2) is 0 Å². The van der Waals surface area contributed by atoms with Gasteiger partial charge >= 0.3 is 6.09 Å². The molecule has 2 amide bonds. The molecule has 0 aliphatic heterocycles. The zero-order valence-electron chi connectivity index (χ0n) is 10.4. The topological polar surface area (TPSA) is 111 Å². The largest absolute Gasteiger partial charge is 0.443 e. The van der Waals surface area contributed by atoms with Crippen LogP contribution in [0.5, 0.6) is 0 Å². The molecule has 9 heteroatoms. The fourth-order valence-electron chi connectivity index (χ4n) is 1.32. The summed E-state index contributed by atoms with van der Waals surface area (Å²) in [6, 6.07) is 9.19. The summed E-state index contributed by atoms with van der Waals surface area (Å²) in [6.45, 7) is 0.0154. The van der Waals surface area contributed by atoms with Gasteiger partial charge in [-0.1, -0.05) is 30.3 Å². The van der Waals surface area contributed by atoms with Gasteiger partial charge < -0.3 is 4.74 Å². The van der Waals surface area contributed by atoms with Crippen molar-refractivity contribution in [1.82, 2.24) is 31.1 Å². The highest BCUT2D eigenvalue weighted by Gasteiger charge is 2.06. The second-order valence-electron chi connectivity index (χ2n) is 3.74. The highest BCUT2D eigenvalue weighted by molar-refractivity contribution is 5.78. The molecule has 0 aliphatic carbocycles. The Bertz CT molecular complexity index is 557. The third-order valence-corrected chi connectivity index (χ3v) is 2.21. The van der Waals surface area contributed by atoms with Crippen LogP contribution in [0.3, 0.4) is 0 Å². The smallest absolute Gasteiger partial charge is 0.426 e. The van der Waals surface area contributed by atoms with Crippen molar-refractivity contribution in [2.24, 2.45) is 0 Å². The average molecular weight is 276 g/mol. The predicted molar refractivity (Wildman–Crippen MR) is 65.7 cm³/mol. The number of carbonyl (C=O) groups is 2. The molecule has 0 fully saturated rings. The first-order valence-electron chi connectivity index (χ1n) is 5.70. The van der Waals surface area contributed by atoms with Gasteiger partial charge in [0.05, 0.1) is 0 Å². The molecule has 1 heterocycles. The molecule has 2 aromatic rings. The number of tetrazole rings is 1. The molecule has 9 nitrogen and oxygen atoms in total. The molecule has 104 valence electrons. The number of hydrazine groups is 1. The van der Waals surface area contributed by atoms with Crippen molar-refractivity contribution in [2.45, 2.75) is 13.2 Å². The van der Waals surface area contributed by atoms with Gasteiger partial charge in [-0.15, -0.1) is 5.10 Å². The third kappa shape index (κ3) is 4.37. The number of hydrogen-bond donors (Lipinski definition) is 2. The Balaban J connectivity index is 1.66. The van der Waals surface area contributed by atoms with E-state index in [0.29, 0.717) is 0 Å². The van der Waals surface area contributed by atoms with Crippen LogP contribution in [0.15, 0.2) is 36.7 Å². The number of rotatable bonds is 4. The van der Waals surface area contributed by atoms with Crippen LogP contribution in [0.25, 0.3) is 0 Å². The van der Waals surface area contributed by atoms with E-state index in [2.05, 4.69) is 26.4 Å². The molecule has 1 aromatic carbocycles. The number of nitrogens with one attached hydrogen (secondary N) is 2. The number of aromatic nitrogens is 4. The first kappa shape index (κ1) is 13.5. The van der Waals surface area contributed by atoms with Gasteiger partial charge in [-0.25, -0.2) is 14.9 Å². The highest BCUT2D eigenvalue weighted by Crippen LogP contribution is 1.99. The Morgan fingerprint density at radius 3 is 2.70 bits per heavy atom. The molecule has 2 N–H and O–H groups in total. The van der Waals surface area contributed by atoms with Crippen molar-refractivity contribution in [3.63, 3.8) is 0 Å². The van der Waals surface area contributed by atoms with Gasteiger partial charge in [0.25, 0.3) is 5.91 Å². The summed E-state index contributed by atoms with van der Waals surface area (Å²) in [5, 5.41) is 10.3. The molecule has 0 unspecified atom stereocenters. The van der Waals surface area contributed by atoms with Crippen LogP contribution in [0.2, 0.25) is 0 Å². The van der Waals surface area contributed by atoms with E-state index in [4.69, 9.17) is 4.74 Å². The van der Waals surface area contributed by atoms with Gasteiger partial charge in [-0.2, -0.15) is 0 Å². The molecule has 0 bridgehead atoms. The van der Waals surface area contributed by atoms with E-state index in [1.165, 1.54) is 11.0 Å². The first-order chi connectivity index (χ1) is 9.74. The lowest BCUT2D eigenvalue weighted by molar-refractivity contribution is -0.122. The first-order valence-corrected chi connectivity index (χ1v) is 5.70. The lowest BCUT2D eigenvalue weighted by atomic mass is 10.2. The SMILES string of the molecule is O=C(Cn1cnnn1)NNC(=O)OCc1ccccc1. The minimum atomic E-state index is -0.751. The fourth-order valence-corrected chi connectivity index (χ4v) is 1.32. The maximum atomic E-state index is 11.4. The van der Waals surface area contributed by atoms with E-state index in [9.17, 15) is 9.59 Å². The van der Waals surface area contributed by atoms with Crippen LogP contribution in [0.4, 0.5) is 4.79 Å². The summed E-state index contributed by atoms with van der Waals surface area (Å²) >= 11 is 0. The number of carbonyl (C=O) groups excluding carboxylic acids is 2. The molecule has 0 spiro atoms. The van der Waals surface area contributed by atoms with Gasteiger partial charge in [0.1, 0.15) is 19.5 Å². The fraction of sp³-hybridized carbons (Fsp3) is 0.182. The van der Waals surface area contributed by atoms with Crippen LogP contribution in [0.1, 0.15) is 5.56 Å². The van der Waals surface area contributed by atoms with Gasteiger partial charge in [0, 0.05) is 0 Å². The zero-order valence-corrected chi connectivity index (χ0v) is 10.4. The summed E-state index contributed by atoms with van der Waals surface area (Å²) in [5.74, 6) is -0.478. The average Bonchev–Trinajstić information content (AvgIpc) is 2.97. The zero-order chi connectivity index (χ0) is 14.2. The van der Waals surface area contributed by atoms with Crippen LogP contribution in [-0.4, -0.2) is 32.2 Å². The van der Waals surface area contributed by atoms with E-state index >= 15 is 0 Å². The number of ether oxygens (including phenoxy) is 1. The van der Waals surface area contributed by atoms with E-state index in [-0.39, 0.29) is 13.2 Å². The molecule has 0 saturated heterocycles. The Kier molecular flexibility index (Phi) is 4.60. The van der Waals surface area contributed by atoms with Crippen molar-refractivity contribution in [1.29, 1.82) is 0 Å². The van der Waals surface area contributed by atoms with E-state index in [1.807, 2.05) is 30.3 Å². The second-order valence-corrected chi connectivity index (χ2v) is 3.74. The van der Waals surface area contributed by atoms with Crippen molar-refractivity contribution in [2.75, 3.05) is 0 Å². The second kappa shape index (κ2) is 6.83. The molecular formula is C11H12N6O3. The van der Waals surface area contributed by atoms with Gasteiger partial charge in [0.2, 0.25) is 0 Å². The lowest BCUT2D eigenvalue weighted by Crippen LogP contribution is -2.43. The predicted octanol–water partition coefficient (Wildman–Crippen LogP) is -0.369. The molecule has 1 aromatic heterocycles. The van der Waals surface area contributed by atoms with Crippen LogP contribution in [0, 0.1) is 0 Å². The Hall–Kier alpha value is -2.97. The minimum Gasteiger partial charge on any atom is -0.443 e. The quantitative estimate of drug-likeness (QED) is 0.737. The van der Waals surface area contributed by atoms with Crippen LogP contribution < -0.4 is 10.9 Å². The van der Waals surface area contributed by atoms with Gasteiger partial charge in [-0.05, 0) is 16.0 Å². The van der Waals surface area contributed by atoms with Crippen LogP contribution >= 0.6 is 0 Å². The number of nitrogens with zero attached hydrogens (tertiary/aromatic N) is 4. The van der Waals surface area contributed by atoms with Crippen molar-refractivity contribution < 1.29 is 14.3 Å². The van der Waals surface area contributed by atoms with Crippen molar-refractivity contribution in [3.05, 3.63) is 42.2 Å². The normalized spacial score (nSPS) is 9.80. The summed E-state index contributed by atoms with van der Waals surface area (Å²) in [7, 11) is 0. The minimum absolute atomic E-state index is 0.105. The Labute approximate surface area is 113 Å². The maximum absolute atomic E-state index is 11.4. The molecule has 0 saturated carbocycles. The molecule has 20 heavy (non-hydrogen) atoms. The molecular weight excluding hydrogens is 264 g/mol. The standard InChI is InChI=1S/C11H12N6O3/c18-10(6-17-8-12-15-16-17)13-14-11(19)20-7-9-4-2-1-3-5-9/h1-5,8H,6-7H2,(H,13,18)(H,14,19). The number of hydrogen-bond acceptors (Lipinski definition) is 6. The monoisotopic (exact) mass is 276 g/mol. The molecule has 0 radical (unpaired) electrons. The third-order valence-electron chi connectivity index (χ3n) is 2.21.